The van der Waals surface area contributed by atoms with Crippen LogP contribution in [0.5, 0.6) is 11.5 Å². The van der Waals surface area contributed by atoms with Crippen LogP contribution in [0.15, 0.2) is 119 Å². The fraction of sp³-hybridized carbons (Fsp3) is 0.238. The molecule has 0 atom stereocenters. The first-order chi connectivity index (χ1) is 21.9. The van der Waals surface area contributed by atoms with Gasteiger partial charge < -0.3 is 10.2 Å². The molecule has 234 valence electrons. The monoisotopic (exact) mass is 608 g/mol. The van der Waals surface area contributed by atoms with E-state index < -0.39 is 0 Å². The molecule has 0 bridgehead atoms. The van der Waals surface area contributed by atoms with E-state index in [1.54, 1.807) is 12.4 Å². The fourth-order valence-corrected chi connectivity index (χ4v) is 5.36. The largest absolute Gasteiger partial charge is 0.507 e. The summed E-state index contributed by atoms with van der Waals surface area (Å²) in [5.74, 6) is 0.466. The number of phenolic OH excluding ortho intramolecular Hbond substituents is 2. The molecule has 0 amide bonds. The van der Waals surface area contributed by atoms with E-state index >= 15 is 0 Å². The second kappa shape index (κ2) is 13.6. The Morgan fingerprint density at radius 3 is 1.20 bits per heavy atom. The molecule has 0 heterocycles. The molecule has 0 aliphatic heterocycles. The quantitative estimate of drug-likeness (QED) is 0.172. The van der Waals surface area contributed by atoms with Crippen LogP contribution in [0.25, 0.3) is 0 Å². The lowest BCUT2D eigenvalue weighted by Gasteiger charge is -2.22. The fourth-order valence-electron chi connectivity index (χ4n) is 5.36. The van der Waals surface area contributed by atoms with Crippen LogP contribution in [0.1, 0.15) is 86.1 Å². The molecule has 0 radical (unpaired) electrons. The first-order valence-corrected chi connectivity index (χ1v) is 15.9. The first kappa shape index (κ1) is 32.4. The third kappa shape index (κ3) is 8.00. The summed E-state index contributed by atoms with van der Waals surface area (Å²) in [6, 6.07) is 36.3. The van der Waals surface area contributed by atoms with E-state index in [1.807, 2.05) is 72.8 Å². The van der Waals surface area contributed by atoms with Crippen molar-refractivity contribution in [2.45, 2.75) is 65.2 Å². The Morgan fingerprint density at radius 1 is 0.500 bits per heavy atom. The molecular formula is C42H44N2O2. The molecule has 5 aromatic carbocycles. The van der Waals surface area contributed by atoms with Gasteiger partial charge in [0, 0.05) is 36.4 Å². The molecule has 0 unspecified atom stereocenters. The number of aliphatic imine (C=N–C) groups is 2. The van der Waals surface area contributed by atoms with Crippen molar-refractivity contribution in [1.82, 2.24) is 0 Å². The molecule has 0 aliphatic rings. The smallest absolute Gasteiger partial charge is 0.127 e. The van der Waals surface area contributed by atoms with Gasteiger partial charge in [0.15, 0.2) is 0 Å². The van der Waals surface area contributed by atoms with Gasteiger partial charge in [-0.3, -0.25) is 9.98 Å². The number of hydrogen-bond donors (Lipinski definition) is 2. The Morgan fingerprint density at radius 2 is 0.848 bits per heavy atom. The number of hydrogen-bond acceptors (Lipinski definition) is 4. The molecule has 4 heteroatoms. The summed E-state index contributed by atoms with van der Waals surface area (Å²) in [4.78, 5) is 9.62. The first-order valence-electron chi connectivity index (χ1n) is 15.9. The Bertz CT molecular complexity index is 1720. The van der Waals surface area contributed by atoms with Crippen molar-refractivity contribution in [3.05, 3.63) is 154 Å². The highest BCUT2D eigenvalue weighted by atomic mass is 16.3. The van der Waals surface area contributed by atoms with Gasteiger partial charge in [-0.2, -0.15) is 0 Å². The summed E-state index contributed by atoms with van der Waals surface area (Å²) in [5, 5.41) is 22.7. The zero-order valence-corrected chi connectivity index (χ0v) is 27.8. The van der Waals surface area contributed by atoms with Crippen LogP contribution in [0.3, 0.4) is 0 Å². The van der Waals surface area contributed by atoms with Crippen molar-refractivity contribution in [2.24, 2.45) is 9.98 Å². The van der Waals surface area contributed by atoms with Crippen molar-refractivity contribution < 1.29 is 10.2 Å². The van der Waals surface area contributed by atoms with E-state index in [0.717, 1.165) is 33.4 Å². The molecule has 0 saturated heterocycles. The average molecular weight is 609 g/mol. The molecule has 5 rings (SSSR count). The normalized spacial score (nSPS) is 12.3. The van der Waals surface area contributed by atoms with E-state index in [2.05, 4.69) is 77.9 Å². The molecular weight excluding hydrogens is 564 g/mol. The SMILES string of the molecule is CC(C)(C)c1cc(C=Nc2ccccc2N=Cc2cc(C(C)(C)C)cc(Cc3ccccc3)c2O)c(O)c(Cc2ccccc2)c1. The topological polar surface area (TPSA) is 65.2 Å². The summed E-state index contributed by atoms with van der Waals surface area (Å²) in [6.07, 6.45) is 4.70. The molecule has 0 aromatic heterocycles. The maximum atomic E-state index is 11.3. The predicted molar refractivity (Wildman–Crippen MR) is 193 cm³/mol. The van der Waals surface area contributed by atoms with Gasteiger partial charge in [0.05, 0.1) is 11.4 Å². The number of nitrogens with zero attached hydrogens (tertiary/aromatic N) is 2. The lowest BCUT2D eigenvalue weighted by atomic mass is 9.84. The van der Waals surface area contributed by atoms with Crippen LogP contribution in [0.4, 0.5) is 11.4 Å². The highest BCUT2D eigenvalue weighted by Crippen LogP contribution is 2.35. The van der Waals surface area contributed by atoms with Gasteiger partial charge in [-0.25, -0.2) is 0 Å². The highest BCUT2D eigenvalue weighted by Gasteiger charge is 2.20. The minimum absolute atomic E-state index is 0.104. The Labute approximate surface area is 273 Å². The Balaban J connectivity index is 1.50. The molecule has 0 saturated carbocycles. The lowest BCUT2D eigenvalue weighted by Crippen LogP contribution is -2.12. The Kier molecular flexibility index (Phi) is 9.57. The maximum Gasteiger partial charge on any atom is 0.127 e. The van der Waals surface area contributed by atoms with E-state index in [-0.39, 0.29) is 22.3 Å². The number of benzene rings is 5. The molecule has 0 spiro atoms. The van der Waals surface area contributed by atoms with Crippen LogP contribution < -0.4 is 0 Å². The molecule has 2 N–H and O–H groups in total. The highest BCUT2D eigenvalue weighted by molar-refractivity contribution is 5.90. The number of para-hydroxylation sites is 2. The van der Waals surface area contributed by atoms with E-state index in [9.17, 15) is 10.2 Å². The van der Waals surface area contributed by atoms with E-state index in [4.69, 9.17) is 9.98 Å². The summed E-state index contributed by atoms with van der Waals surface area (Å²) in [5.41, 5.74) is 8.72. The maximum absolute atomic E-state index is 11.3. The van der Waals surface area contributed by atoms with Crippen LogP contribution in [-0.2, 0) is 23.7 Å². The van der Waals surface area contributed by atoms with Crippen molar-refractivity contribution in [2.75, 3.05) is 0 Å². The number of phenols is 2. The summed E-state index contributed by atoms with van der Waals surface area (Å²) < 4.78 is 0. The van der Waals surface area contributed by atoms with Gasteiger partial charge in [-0.05, 0) is 68.5 Å². The molecule has 46 heavy (non-hydrogen) atoms. The molecule has 0 fully saturated rings. The molecule has 0 aliphatic carbocycles. The minimum atomic E-state index is -0.104. The lowest BCUT2D eigenvalue weighted by molar-refractivity contribution is 0.466. The van der Waals surface area contributed by atoms with Gasteiger partial charge in [0.25, 0.3) is 0 Å². The molecule has 4 nitrogen and oxygen atoms in total. The third-order valence-electron chi connectivity index (χ3n) is 8.21. The second-order valence-electron chi connectivity index (χ2n) is 14.0. The number of rotatable bonds is 8. The van der Waals surface area contributed by atoms with Crippen molar-refractivity contribution in [3.8, 4) is 11.5 Å². The summed E-state index contributed by atoms with van der Waals surface area (Å²) in [7, 11) is 0. The standard InChI is InChI=1S/C42H44N2O2/c1-41(2,3)35-23-31(21-29-15-9-7-10-16-29)39(45)33(25-35)27-43-37-19-13-14-20-38(37)44-28-34-26-36(42(4,5)6)24-32(40(34)46)22-30-17-11-8-12-18-30/h7-20,23-28,45-46H,21-22H2,1-6H3. The van der Waals surface area contributed by atoms with Crippen molar-refractivity contribution in [3.63, 3.8) is 0 Å². The third-order valence-corrected chi connectivity index (χ3v) is 8.21. The van der Waals surface area contributed by atoms with Crippen LogP contribution in [-0.4, -0.2) is 22.6 Å². The van der Waals surface area contributed by atoms with Crippen molar-refractivity contribution in [1.29, 1.82) is 0 Å². The predicted octanol–water partition coefficient (Wildman–Crippen LogP) is 10.4. The van der Waals surface area contributed by atoms with Gasteiger partial charge >= 0.3 is 0 Å². The van der Waals surface area contributed by atoms with Crippen LogP contribution in [0.2, 0.25) is 0 Å². The van der Waals surface area contributed by atoms with Crippen molar-refractivity contribution >= 4 is 23.8 Å². The zero-order chi connectivity index (χ0) is 32.9. The average Bonchev–Trinajstić information content (AvgIpc) is 3.02. The summed E-state index contributed by atoms with van der Waals surface area (Å²) in [6.45, 7) is 13.0. The summed E-state index contributed by atoms with van der Waals surface area (Å²) >= 11 is 0. The van der Waals surface area contributed by atoms with Crippen LogP contribution >= 0.6 is 0 Å². The van der Waals surface area contributed by atoms with Gasteiger partial charge in [-0.15, -0.1) is 0 Å². The van der Waals surface area contributed by atoms with Crippen LogP contribution in [0, 0.1) is 0 Å². The van der Waals surface area contributed by atoms with E-state index in [1.165, 1.54) is 0 Å². The minimum Gasteiger partial charge on any atom is -0.507 e. The number of aromatic hydroxyl groups is 2. The van der Waals surface area contributed by atoms with Gasteiger partial charge in [0.2, 0.25) is 0 Å². The van der Waals surface area contributed by atoms with Gasteiger partial charge in [0.1, 0.15) is 11.5 Å². The Hall–Kier alpha value is -4.96. The molecule has 5 aromatic rings. The second-order valence-corrected chi connectivity index (χ2v) is 14.0. The van der Waals surface area contributed by atoms with Gasteiger partial charge in [-0.1, -0.05) is 126 Å². The van der Waals surface area contributed by atoms with E-state index in [0.29, 0.717) is 35.3 Å². The zero-order valence-electron chi connectivity index (χ0n) is 27.8.